The van der Waals surface area contributed by atoms with E-state index in [2.05, 4.69) is 10.4 Å². The molecule has 3 aromatic rings. The normalized spacial score (nSPS) is 10.7. The van der Waals surface area contributed by atoms with E-state index in [9.17, 15) is 4.79 Å². The van der Waals surface area contributed by atoms with Gasteiger partial charge in [-0.2, -0.15) is 5.10 Å². The van der Waals surface area contributed by atoms with E-state index in [1.807, 2.05) is 77.7 Å². The monoisotopic (exact) mass is 363 g/mol. The third kappa shape index (κ3) is 6.38. The van der Waals surface area contributed by atoms with Crippen molar-refractivity contribution in [3.8, 4) is 5.69 Å². The third-order valence-electron chi connectivity index (χ3n) is 4.20. The maximum atomic E-state index is 12.0. The van der Waals surface area contributed by atoms with E-state index < -0.39 is 0 Å². The molecule has 0 saturated heterocycles. The Kier molecular flexibility index (Phi) is 7.18. The second-order valence-electron chi connectivity index (χ2n) is 6.37. The fourth-order valence-electron chi connectivity index (χ4n) is 2.72. The van der Waals surface area contributed by atoms with Gasteiger partial charge in [0.1, 0.15) is 0 Å². The molecule has 2 aromatic carbocycles. The Balaban J connectivity index is 1.28. The molecule has 5 heteroatoms. The van der Waals surface area contributed by atoms with Gasteiger partial charge in [0.2, 0.25) is 5.91 Å². The molecular weight excluding hydrogens is 338 g/mol. The number of para-hydroxylation sites is 1. The van der Waals surface area contributed by atoms with E-state index in [1.54, 1.807) is 0 Å². The van der Waals surface area contributed by atoms with E-state index in [1.165, 1.54) is 0 Å². The number of aromatic nitrogens is 2. The molecule has 1 N–H and O–H groups in total. The highest BCUT2D eigenvalue weighted by molar-refractivity contribution is 5.76. The number of amides is 1. The molecule has 0 aliphatic heterocycles. The van der Waals surface area contributed by atoms with Crippen LogP contribution in [0.1, 0.15) is 24.0 Å². The predicted molar refractivity (Wildman–Crippen MR) is 106 cm³/mol. The summed E-state index contributed by atoms with van der Waals surface area (Å²) < 4.78 is 7.44. The maximum Gasteiger partial charge on any atom is 0.220 e. The smallest absolute Gasteiger partial charge is 0.220 e. The summed E-state index contributed by atoms with van der Waals surface area (Å²) in [6.07, 6.45) is 5.75. The second-order valence-corrected chi connectivity index (χ2v) is 6.37. The Morgan fingerprint density at radius 2 is 1.74 bits per heavy atom. The highest BCUT2D eigenvalue weighted by Gasteiger charge is 2.05. The zero-order chi connectivity index (χ0) is 18.7. The fourth-order valence-corrected chi connectivity index (χ4v) is 2.72. The summed E-state index contributed by atoms with van der Waals surface area (Å²) in [4.78, 5) is 12.0. The lowest BCUT2D eigenvalue weighted by Gasteiger charge is -2.06. The highest BCUT2D eigenvalue weighted by atomic mass is 16.5. The largest absolute Gasteiger partial charge is 0.377 e. The van der Waals surface area contributed by atoms with Gasteiger partial charge in [0.15, 0.2) is 0 Å². The summed E-state index contributed by atoms with van der Waals surface area (Å²) in [6, 6.07) is 20.0. The Labute approximate surface area is 160 Å². The third-order valence-corrected chi connectivity index (χ3v) is 4.20. The van der Waals surface area contributed by atoms with Gasteiger partial charge in [-0.15, -0.1) is 0 Å². The first-order valence-corrected chi connectivity index (χ1v) is 9.28. The van der Waals surface area contributed by atoms with Gasteiger partial charge in [-0.25, -0.2) is 4.68 Å². The first-order valence-electron chi connectivity index (χ1n) is 9.28. The van der Waals surface area contributed by atoms with Gasteiger partial charge < -0.3 is 10.1 Å². The van der Waals surface area contributed by atoms with Crippen molar-refractivity contribution in [2.24, 2.45) is 0 Å². The van der Waals surface area contributed by atoms with Crippen molar-refractivity contribution in [1.82, 2.24) is 15.1 Å². The highest BCUT2D eigenvalue weighted by Crippen LogP contribution is 2.09. The minimum atomic E-state index is 0.0607. The Morgan fingerprint density at radius 3 is 2.52 bits per heavy atom. The predicted octanol–water partition coefficient (Wildman–Crippen LogP) is 3.53. The van der Waals surface area contributed by atoms with Crippen LogP contribution in [-0.2, 0) is 22.6 Å². The van der Waals surface area contributed by atoms with Gasteiger partial charge >= 0.3 is 0 Å². The zero-order valence-electron chi connectivity index (χ0n) is 15.4. The molecule has 0 aliphatic rings. The lowest BCUT2D eigenvalue weighted by Crippen LogP contribution is -2.25. The molecule has 1 aromatic heterocycles. The number of nitrogens with one attached hydrogen (secondary N) is 1. The first kappa shape index (κ1) is 18.9. The summed E-state index contributed by atoms with van der Waals surface area (Å²) in [7, 11) is 0. The Morgan fingerprint density at radius 1 is 1.00 bits per heavy atom. The van der Waals surface area contributed by atoms with Gasteiger partial charge in [-0.3, -0.25) is 4.79 Å². The summed E-state index contributed by atoms with van der Waals surface area (Å²) in [6.45, 7) is 1.89. The molecule has 0 saturated carbocycles. The van der Waals surface area contributed by atoms with Crippen molar-refractivity contribution < 1.29 is 9.53 Å². The molecule has 3 rings (SSSR count). The number of benzene rings is 2. The van der Waals surface area contributed by atoms with Gasteiger partial charge in [0.05, 0.1) is 18.5 Å². The van der Waals surface area contributed by atoms with Crippen molar-refractivity contribution in [1.29, 1.82) is 0 Å². The lowest BCUT2D eigenvalue weighted by molar-refractivity contribution is -0.121. The van der Waals surface area contributed by atoms with E-state index in [0.717, 1.165) is 23.2 Å². The maximum absolute atomic E-state index is 12.0. The van der Waals surface area contributed by atoms with Crippen molar-refractivity contribution in [2.75, 3.05) is 13.2 Å². The van der Waals surface area contributed by atoms with E-state index in [0.29, 0.717) is 32.6 Å². The SMILES string of the molecule is O=C(CCc1cnn(-c2ccccc2)c1)NCCCOCc1ccccc1. The van der Waals surface area contributed by atoms with Crippen LogP contribution >= 0.6 is 0 Å². The van der Waals surface area contributed by atoms with E-state index in [4.69, 9.17) is 4.74 Å². The van der Waals surface area contributed by atoms with Gasteiger partial charge in [-0.1, -0.05) is 48.5 Å². The lowest BCUT2D eigenvalue weighted by atomic mass is 10.2. The molecule has 27 heavy (non-hydrogen) atoms. The van der Waals surface area contributed by atoms with Crippen molar-refractivity contribution in [2.45, 2.75) is 25.9 Å². The number of nitrogens with zero attached hydrogens (tertiary/aromatic N) is 2. The van der Waals surface area contributed by atoms with Gasteiger partial charge in [0, 0.05) is 25.8 Å². The van der Waals surface area contributed by atoms with Crippen LogP contribution < -0.4 is 5.32 Å². The molecule has 5 nitrogen and oxygen atoms in total. The molecule has 0 atom stereocenters. The molecule has 0 radical (unpaired) electrons. The van der Waals surface area contributed by atoms with Crippen LogP contribution in [0.3, 0.4) is 0 Å². The minimum absolute atomic E-state index is 0.0607. The molecule has 1 amide bonds. The molecule has 1 heterocycles. The average molecular weight is 363 g/mol. The van der Waals surface area contributed by atoms with Crippen molar-refractivity contribution in [3.05, 3.63) is 84.2 Å². The van der Waals surface area contributed by atoms with Crippen LogP contribution in [0.15, 0.2) is 73.1 Å². The number of carbonyl (C=O) groups excluding carboxylic acids is 1. The van der Waals surface area contributed by atoms with Crippen LogP contribution in [0.4, 0.5) is 0 Å². The molecule has 0 aliphatic carbocycles. The van der Waals surface area contributed by atoms with Crippen molar-refractivity contribution in [3.63, 3.8) is 0 Å². The standard InChI is InChI=1S/C22H25N3O2/c26-22(23-14-7-15-27-18-19-8-3-1-4-9-19)13-12-20-16-24-25(17-20)21-10-5-2-6-11-21/h1-6,8-11,16-17H,7,12-15,18H2,(H,23,26). The second kappa shape index (κ2) is 10.3. The Hall–Kier alpha value is -2.92. The summed E-state index contributed by atoms with van der Waals surface area (Å²) in [5.74, 6) is 0.0607. The molecule has 0 fully saturated rings. The Bertz CT molecular complexity index is 816. The summed E-state index contributed by atoms with van der Waals surface area (Å²) in [5, 5.41) is 7.30. The minimum Gasteiger partial charge on any atom is -0.377 e. The molecule has 0 bridgehead atoms. The molecule has 140 valence electrons. The number of rotatable bonds is 10. The van der Waals surface area contributed by atoms with Crippen LogP contribution in [-0.4, -0.2) is 28.8 Å². The van der Waals surface area contributed by atoms with E-state index >= 15 is 0 Å². The van der Waals surface area contributed by atoms with Crippen LogP contribution in [0, 0.1) is 0 Å². The van der Waals surface area contributed by atoms with Crippen LogP contribution in [0.5, 0.6) is 0 Å². The first-order chi connectivity index (χ1) is 13.3. The number of hydrogen-bond acceptors (Lipinski definition) is 3. The quantitative estimate of drug-likeness (QED) is 0.561. The summed E-state index contributed by atoms with van der Waals surface area (Å²) >= 11 is 0. The van der Waals surface area contributed by atoms with Gasteiger partial charge in [-0.05, 0) is 36.1 Å². The van der Waals surface area contributed by atoms with Crippen LogP contribution in [0.25, 0.3) is 5.69 Å². The van der Waals surface area contributed by atoms with Crippen LogP contribution in [0.2, 0.25) is 0 Å². The fraction of sp³-hybridized carbons (Fsp3) is 0.273. The number of aryl methyl sites for hydroxylation is 1. The topological polar surface area (TPSA) is 56.2 Å². The molecule has 0 unspecified atom stereocenters. The average Bonchev–Trinajstić information content (AvgIpc) is 3.20. The van der Waals surface area contributed by atoms with Crippen molar-refractivity contribution >= 4 is 5.91 Å². The number of ether oxygens (including phenoxy) is 1. The number of carbonyl (C=O) groups is 1. The molecule has 0 spiro atoms. The zero-order valence-corrected chi connectivity index (χ0v) is 15.4. The summed E-state index contributed by atoms with van der Waals surface area (Å²) in [5.41, 5.74) is 3.24. The number of hydrogen-bond donors (Lipinski definition) is 1. The van der Waals surface area contributed by atoms with E-state index in [-0.39, 0.29) is 5.91 Å². The van der Waals surface area contributed by atoms with Gasteiger partial charge in [0.25, 0.3) is 0 Å². The molecular formula is C22H25N3O2.